The van der Waals surface area contributed by atoms with Crippen molar-refractivity contribution < 1.29 is 14.3 Å². The van der Waals surface area contributed by atoms with E-state index in [4.69, 9.17) is 21.1 Å². The second-order valence-electron chi connectivity index (χ2n) is 6.71. The Bertz CT molecular complexity index is 945. The van der Waals surface area contributed by atoms with Crippen molar-refractivity contribution in [1.29, 1.82) is 0 Å². The molecule has 0 unspecified atom stereocenters. The Hall–Kier alpha value is -2.31. The number of nitrogens with one attached hydrogen (secondary N) is 1. The van der Waals surface area contributed by atoms with Crippen molar-refractivity contribution in [3.05, 3.63) is 47.5 Å². The van der Waals surface area contributed by atoms with Crippen molar-refractivity contribution in [3.8, 4) is 11.5 Å². The molecule has 3 aromatic rings. The van der Waals surface area contributed by atoms with Crippen LogP contribution >= 0.6 is 22.9 Å². The summed E-state index contributed by atoms with van der Waals surface area (Å²) in [6, 6.07) is 12.8. The molecule has 1 amide bonds. The van der Waals surface area contributed by atoms with Gasteiger partial charge in [0.05, 0.1) is 16.8 Å². The van der Waals surface area contributed by atoms with Crippen molar-refractivity contribution in [2.75, 3.05) is 18.5 Å². The number of benzene rings is 2. The first-order valence-corrected chi connectivity index (χ1v) is 11.0. The topological polar surface area (TPSA) is 60.5 Å². The molecule has 5 nitrogen and oxygen atoms in total. The molecule has 2 aromatic carbocycles. The van der Waals surface area contributed by atoms with E-state index in [1.54, 1.807) is 18.2 Å². The fraction of sp³-hybridized carbons (Fsp3) is 0.364. The summed E-state index contributed by atoms with van der Waals surface area (Å²) in [4.78, 5) is 16.6. The molecule has 1 heterocycles. The molecule has 0 radical (unpaired) electrons. The number of halogens is 1. The lowest BCUT2D eigenvalue weighted by molar-refractivity contribution is -0.118. The summed E-state index contributed by atoms with van der Waals surface area (Å²) < 4.78 is 12.3. The van der Waals surface area contributed by atoms with Gasteiger partial charge in [-0.1, -0.05) is 61.6 Å². The minimum absolute atomic E-state index is 0.100. The minimum Gasteiger partial charge on any atom is -0.493 e. The van der Waals surface area contributed by atoms with Crippen molar-refractivity contribution in [2.45, 2.75) is 39.0 Å². The van der Waals surface area contributed by atoms with Gasteiger partial charge in [-0.2, -0.15) is 0 Å². The zero-order valence-corrected chi connectivity index (χ0v) is 18.0. The van der Waals surface area contributed by atoms with E-state index in [0.717, 1.165) is 22.4 Å². The van der Waals surface area contributed by atoms with E-state index in [9.17, 15) is 4.79 Å². The average Bonchev–Trinajstić information content (AvgIpc) is 3.10. The fourth-order valence-electron chi connectivity index (χ4n) is 2.81. The van der Waals surface area contributed by atoms with Crippen LogP contribution in [0.15, 0.2) is 42.5 Å². The van der Waals surface area contributed by atoms with Gasteiger partial charge < -0.3 is 9.47 Å². The van der Waals surface area contributed by atoms with Crippen LogP contribution in [0.5, 0.6) is 11.5 Å². The Labute approximate surface area is 180 Å². The number of carbonyl (C=O) groups excluding carboxylic acids is 1. The molecule has 1 N–H and O–H groups in total. The third-order valence-corrected chi connectivity index (χ3v) is 5.46. The molecule has 154 valence electrons. The summed E-state index contributed by atoms with van der Waals surface area (Å²) in [5.74, 6) is 1.08. The summed E-state index contributed by atoms with van der Waals surface area (Å²) in [7, 11) is 0. The van der Waals surface area contributed by atoms with Gasteiger partial charge in [-0.25, -0.2) is 4.98 Å². The van der Waals surface area contributed by atoms with E-state index in [-0.39, 0.29) is 12.5 Å². The van der Waals surface area contributed by atoms with Gasteiger partial charge in [-0.05, 0) is 36.8 Å². The van der Waals surface area contributed by atoms with E-state index in [1.165, 1.54) is 37.0 Å². The molecule has 0 aliphatic heterocycles. The number of rotatable bonds is 11. The Morgan fingerprint density at radius 3 is 2.69 bits per heavy atom. The SMILES string of the molecule is CCCCCCCOc1cccc(OCC(=O)Nc2nc3ccc(Cl)cc3s2)c1. The number of hydrogen-bond acceptors (Lipinski definition) is 5. The molecule has 7 heteroatoms. The minimum atomic E-state index is -0.266. The van der Waals surface area contributed by atoms with Crippen molar-refractivity contribution >= 4 is 44.2 Å². The molecule has 3 rings (SSSR count). The number of carbonyl (C=O) groups is 1. The highest BCUT2D eigenvalue weighted by Crippen LogP contribution is 2.28. The lowest BCUT2D eigenvalue weighted by Crippen LogP contribution is -2.20. The summed E-state index contributed by atoms with van der Waals surface area (Å²) in [6.45, 7) is 2.80. The number of hydrogen-bond donors (Lipinski definition) is 1. The second-order valence-corrected chi connectivity index (χ2v) is 8.17. The third kappa shape index (κ3) is 6.91. The van der Waals surface area contributed by atoms with Crippen molar-refractivity contribution in [3.63, 3.8) is 0 Å². The van der Waals surface area contributed by atoms with E-state index in [2.05, 4.69) is 17.2 Å². The maximum Gasteiger partial charge on any atom is 0.264 e. The molecule has 0 aliphatic carbocycles. The van der Waals surface area contributed by atoms with Crippen LogP contribution in [-0.2, 0) is 4.79 Å². The zero-order valence-electron chi connectivity index (χ0n) is 16.4. The van der Waals surface area contributed by atoms with Gasteiger partial charge >= 0.3 is 0 Å². The first kappa shape index (κ1) is 21.4. The van der Waals surface area contributed by atoms with Gasteiger partial charge in [-0.15, -0.1) is 0 Å². The lowest BCUT2D eigenvalue weighted by atomic mass is 10.2. The van der Waals surface area contributed by atoms with E-state index >= 15 is 0 Å². The van der Waals surface area contributed by atoms with Crippen LogP contribution in [-0.4, -0.2) is 24.1 Å². The molecular weight excluding hydrogens is 408 g/mol. The zero-order chi connectivity index (χ0) is 20.5. The van der Waals surface area contributed by atoms with Crippen LogP contribution < -0.4 is 14.8 Å². The Morgan fingerprint density at radius 1 is 1.07 bits per heavy atom. The molecule has 0 bridgehead atoms. The maximum absolute atomic E-state index is 12.2. The van der Waals surface area contributed by atoms with E-state index in [0.29, 0.717) is 22.5 Å². The lowest BCUT2D eigenvalue weighted by Gasteiger charge is -2.09. The fourth-order valence-corrected chi connectivity index (χ4v) is 3.96. The van der Waals surface area contributed by atoms with Crippen LogP contribution in [0, 0.1) is 0 Å². The number of ether oxygens (including phenoxy) is 2. The monoisotopic (exact) mass is 432 g/mol. The highest BCUT2D eigenvalue weighted by molar-refractivity contribution is 7.22. The molecule has 0 saturated carbocycles. The quantitative estimate of drug-likeness (QED) is 0.360. The van der Waals surface area contributed by atoms with Crippen LogP contribution in [0.3, 0.4) is 0 Å². The normalized spacial score (nSPS) is 10.8. The predicted molar refractivity (Wildman–Crippen MR) is 119 cm³/mol. The first-order chi connectivity index (χ1) is 14.1. The summed E-state index contributed by atoms with van der Waals surface area (Å²) in [6.07, 6.45) is 5.99. The number of amides is 1. The number of fused-ring (bicyclic) bond motifs is 1. The smallest absolute Gasteiger partial charge is 0.264 e. The van der Waals surface area contributed by atoms with Gasteiger partial charge in [-0.3, -0.25) is 10.1 Å². The van der Waals surface area contributed by atoms with Gasteiger partial charge in [0, 0.05) is 11.1 Å². The number of aromatic nitrogens is 1. The largest absolute Gasteiger partial charge is 0.493 e. The van der Waals surface area contributed by atoms with Gasteiger partial charge in [0.2, 0.25) is 0 Å². The van der Waals surface area contributed by atoms with Crippen molar-refractivity contribution in [1.82, 2.24) is 4.98 Å². The molecule has 0 atom stereocenters. The summed E-state index contributed by atoms with van der Waals surface area (Å²) in [5, 5.41) is 3.93. The molecule has 0 saturated heterocycles. The number of thiazole rings is 1. The first-order valence-electron chi connectivity index (χ1n) is 9.85. The molecule has 1 aromatic heterocycles. The van der Waals surface area contributed by atoms with Crippen molar-refractivity contribution in [2.24, 2.45) is 0 Å². The Balaban J connectivity index is 1.44. The summed E-state index contributed by atoms with van der Waals surface area (Å²) >= 11 is 7.36. The van der Waals surface area contributed by atoms with Crippen LogP contribution in [0.2, 0.25) is 5.02 Å². The Morgan fingerprint density at radius 2 is 1.86 bits per heavy atom. The number of unbranched alkanes of at least 4 members (excludes halogenated alkanes) is 4. The third-order valence-electron chi connectivity index (χ3n) is 4.29. The highest BCUT2D eigenvalue weighted by Gasteiger charge is 2.09. The van der Waals surface area contributed by atoms with Gasteiger partial charge in [0.1, 0.15) is 11.5 Å². The molecule has 29 heavy (non-hydrogen) atoms. The molecule has 0 spiro atoms. The predicted octanol–water partition coefficient (Wildman–Crippen LogP) is 6.32. The Kier molecular flexibility index (Phi) is 8.14. The molecule has 0 aliphatic rings. The van der Waals surface area contributed by atoms with Crippen LogP contribution in [0.4, 0.5) is 5.13 Å². The average molecular weight is 433 g/mol. The second kappa shape index (κ2) is 11.0. The van der Waals surface area contributed by atoms with Crippen LogP contribution in [0.25, 0.3) is 10.2 Å². The standard InChI is InChI=1S/C22H25ClN2O3S/c1-2-3-4-5-6-12-27-17-8-7-9-18(14-17)28-15-21(26)25-22-24-19-11-10-16(23)13-20(19)29-22/h7-11,13-14H,2-6,12,15H2,1H3,(H,24,25,26). The number of anilines is 1. The highest BCUT2D eigenvalue weighted by atomic mass is 35.5. The van der Waals surface area contributed by atoms with E-state index in [1.807, 2.05) is 24.3 Å². The van der Waals surface area contributed by atoms with Gasteiger partial charge in [0.25, 0.3) is 5.91 Å². The molecule has 0 fully saturated rings. The maximum atomic E-state index is 12.2. The summed E-state index contributed by atoms with van der Waals surface area (Å²) in [5.41, 5.74) is 0.801. The number of nitrogens with zero attached hydrogens (tertiary/aromatic N) is 1. The molecular formula is C22H25ClN2O3S. The van der Waals surface area contributed by atoms with Crippen LogP contribution in [0.1, 0.15) is 39.0 Å². The van der Waals surface area contributed by atoms with E-state index < -0.39 is 0 Å². The van der Waals surface area contributed by atoms with Gasteiger partial charge in [0.15, 0.2) is 11.7 Å².